The van der Waals surface area contributed by atoms with Gasteiger partial charge in [-0.3, -0.25) is 4.79 Å². The molecule has 2 rings (SSSR count). The van der Waals surface area contributed by atoms with E-state index in [4.69, 9.17) is 29.4 Å². The van der Waals surface area contributed by atoms with E-state index in [1.165, 1.54) is 11.8 Å². The number of nitrogens with two attached hydrogens (primary N) is 1. The zero-order valence-corrected chi connectivity index (χ0v) is 19.3. The third kappa shape index (κ3) is 8.43. The molecule has 1 amide bonds. The number of rotatable bonds is 9. The minimum Gasteiger partial charge on any atom is -0.490 e. The van der Waals surface area contributed by atoms with Crippen molar-refractivity contribution in [3.05, 3.63) is 24.3 Å². The van der Waals surface area contributed by atoms with Gasteiger partial charge in [0.2, 0.25) is 6.29 Å². The largest absolute Gasteiger partial charge is 0.490 e. The highest BCUT2D eigenvalue weighted by Gasteiger charge is 2.28. The number of nitrogens with zero attached hydrogens (tertiary/aromatic N) is 1. The van der Waals surface area contributed by atoms with Crippen molar-refractivity contribution < 1.29 is 33.3 Å². The van der Waals surface area contributed by atoms with Gasteiger partial charge < -0.3 is 34.3 Å². The summed E-state index contributed by atoms with van der Waals surface area (Å²) in [6, 6.07) is 6.61. The van der Waals surface area contributed by atoms with Crippen LogP contribution < -0.4 is 15.2 Å². The Bertz CT molecular complexity index is 704. The van der Waals surface area contributed by atoms with Gasteiger partial charge in [-0.1, -0.05) is 26.0 Å². The van der Waals surface area contributed by atoms with Crippen molar-refractivity contribution in [2.24, 2.45) is 11.7 Å². The molecule has 3 atom stereocenters. The third-order valence-electron chi connectivity index (χ3n) is 4.51. The lowest BCUT2D eigenvalue weighted by Gasteiger charge is -2.32. The Morgan fingerprint density at radius 3 is 2.42 bits per heavy atom. The first kappa shape index (κ1) is 26.8. The zero-order valence-electron chi connectivity index (χ0n) is 18.4. The Morgan fingerprint density at radius 1 is 1.16 bits per heavy atom. The first-order chi connectivity index (χ1) is 14.3. The average Bonchev–Trinajstić information content (AvgIpc) is 2.72. The Hall–Kier alpha value is -2.23. The van der Waals surface area contributed by atoms with Crippen molar-refractivity contribution >= 4 is 24.5 Å². The van der Waals surface area contributed by atoms with Gasteiger partial charge in [0, 0.05) is 13.5 Å². The minimum absolute atomic E-state index is 0. The second-order valence-corrected chi connectivity index (χ2v) is 7.29. The predicted molar refractivity (Wildman–Crippen MR) is 117 cm³/mol. The molecule has 1 unspecified atom stereocenters. The summed E-state index contributed by atoms with van der Waals surface area (Å²) in [6.45, 7) is 8.80. The van der Waals surface area contributed by atoms with E-state index in [1.54, 1.807) is 0 Å². The van der Waals surface area contributed by atoms with Crippen molar-refractivity contribution in [1.82, 2.24) is 4.90 Å². The van der Waals surface area contributed by atoms with E-state index in [0.29, 0.717) is 37.8 Å². The lowest BCUT2D eigenvalue weighted by molar-refractivity contribution is -0.169. The van der Waals surface area contributed by atoms with Gasteiger partial charge >= 0.3 is 12.1 Å². The van der Waals surface area contributed by atoms with Crippen LogP contribution in [0, 0.1) is 5.92 Å². The van der Waals surface area contributed by atoms with E-state index in [0.717, 1.165) is 0 Å². The van der Waals surface area contributed by atoms with Gasteiger partial charge in [0.05, 0.1) is 19.8 Å². The minimum atomic E-state index is -1.04. The summed E-state index contributed by atoms with van der Waals surface area (Å²) in [5.41, 5.74) is 5.75. The maximum atomic E-state index is 12.4. The summed E-state index contributed by atoms with van der Waals surface area (Å²) in [6.07, 6.45) is -1.95. The number of hydrogen-bond donors (Lipinski definition) is 1. The molecule has 1 heterocycles. The Labute approximate surface area is 189 Å². The SMILES string of the molecule is CCOc1ccccc1OC[C@@H]1CN(C(=O)OC(C)OC(=O)[C@@H](N)C(C)C)CCO1.Cl. The Morgan fingerprint density at radius 2 is 1.81 bits per heavy atom. The molecular formula is C21H33ClN2O7. The molecule has 0 saturated carbocycles. The lowest BCUT2D eigenvalue weighted by Crippen LogP contribution is -2.48. The highest BCUT2D eigenvalue weighted by molar-refractivity contribution is 5.85. The summed E-state index contributed by atoms with van der Waals surface area (Å²) in [5.74, 6) is 0.590. The van der Waals surface area contributed by atoms with Crippen molar-refractivity contribution in [2.45, 2.75) is 46.1 Å². The van der Waals surface area contributed by atoms with Gasteiger partial charge in [0.15, 0.2) is 11.5 Å². The number of halogens is 1. The van der Waals surface area contributed by atoms with Crippen LogP contribution in [0.15, 0.2) is 24.3 Å². The average molecular weight is 461 g/mol. The summed E-state index contributed by atoms with van der Waals surface area (Å²) in [5, 5.41) is 0. The fourth-order valence-corrected chi connectivity index (χ4v) is 2.77. The number of ether oxygens (including phenoxy) is 5. The van der Waals surface area contributed by atoms with Crippen molar-refractivity contribution in [2.75, 3.05) is 32.9 Å². The van der Waals surface area contributed by atoms with E-state index >= 15 is 0 Å². The molecule has 1 aromatic carbocycles. The van der Waals surface area contributed by atoms with Gasteiger partial charge in [-0.05, 0) is 25.0 Å². The first-order valence-electron chi connectivity index (χ1n) is 10.2. The molecular weight excluding hydrogens is 428 g/mol. The monoisotopic (exact) mass is 460 g/mol. The quantitative estimate of drug-likeness (QED) is 0.442. The Balaban J connectivity index is 0.00000480. The molecule has 0 bridgehead atoms. The predicted octanol–water partition coefficient (Wildman–Crippen LogP) is 2.60. The standard InChI is InChI=1S/C21H32N2O7.ClH/c1-5-26-17-8-6-7-9-18(17)28-13-16-12-23(10-11-27-16)21(25)30-15(4)29-20(24)19(22)14(2)3;/h6-9,14-16,19H,5,10-13,22H2,1-4H3;1H/t15?,16-,19-;/m0./s1. The number of carbonyl (C=O) groups excluding carboxylic acids is 2. The second kappa shape index (κ2) is 13.2. The van der Waals surface area contributed by atoms with E-state index in [2.05, 4.69) is 0 Å². The lowest BCUT2D eigenvalue weighted by atomic mass is 10.1. The molecule has 0 aliphatic carbocycles. The van der Waals surface area contributed by atoms with Crippen LogP contribution in [0.2, 0.25) is 0 Å². The number of carbonyl (C=O) groups is 2. The van der Waals surface area contributed by atoms with Crippen LogP contribution in [0.4, 0.5) is 4.79 Å². The van der Waals surface area contributed by atoms with Gasteiger partial charge in [-0.25, -0.2) is 4.79 Å². The number of para-hydroxylation sites is 2. The van der Waals surface area contributed by atoms with E-state index in [-0.39, 0.29) is 31.0 Å². The maximum Gasteiger partial charge on any atom is 0.413 e. The molecule has 0 aromatic heterocycles. The highest BCUT2D eigenvalue weighted by Crippen LogP contribution is 2.26. The van der Waals surface area contributed by atoms with Crippen molar-refractivity contribution in [3.63, 3.8) is 0 Å². The van der Waals surface area contributed by atoms with E-state index < -0.39 is 24.4 Å². The summed E-state index contributed by atoms with van der Waals surface area (Å²) in [7, 11) is 0. The number of benzene rings is 1. The number of hydrogen-bond acceptors (Lipinski definition) is 8. The van der Waals surface area contributed by atoms with Crippen LogP contribution in [0.1, 0.15) is 27.7 Å². The first-order valence-corrected chi connectivity index (χ1v) is 10.2. The summed E-state index contributed by atoms with van der Waals surface area (Å²) < 4.78 is 27.4. The third-order valence-corrected chi connectivity index (χ3v) is 4.51. The normalized spacial score (nSPS) is 17.9. The molecule has 1 aliphatic heterocycles. The molecule has 1 aliphatic rings. The van der Waals surface area contributed by atoms with Crippen LogP contribution in [0.3, 0.4) is 0 Å². The van der Waals surface area contributed by atoms with Crippen LogP contribution in [-0.4, -0.2) is 68.3 Å². The molecule has 1 fully saturated rings. The second-order valence-electron chi connectivity index (χ2n) is 7.29. The number of morpholine rings is 1. The summed E-state index contributed by atoms with van der Waals surface area (Å²) in [4.78, 5) is 25.8. The molecule has 0 radical (unpaired) electrons. The van der Waals surface area contributed by atoms with Crippen LogP contribution in [0.25, 0.3) is 0 Å². The fourth-order valence-electron chi connectivity index (χ4n) is 2.77. The molecule has 2 N–H and O–H groups in total. The Kier molecular flexibility index (Phi) is 11.4. The smallest absolute Gasteiger partial charge is 0.413 e. The molecule has 10 heteroatoms. The van der Waals surface area contributed by atoms with Crippen LogP contribution in [0.5, 0.6) is 11.5 Å². The fraction of sp³-hybridized carbons (Fsp3) is 0.619. The van der Waals surface area contributed by atoms with Gasteiger partial charge in [-0.2, -0.15) is 0 Å². The highest BCUT2D eigenvalue weighted by atomic mass is 35.5. The molecule has 31 heavy (non-hydrogen) atoms. The maximum absolute atomic E-state index is 12.4. The topological polar surface area (TPSA) is 110 Å². The van der Waals surface area contributed by atoms with Crippen LogP contribution in [-0.2, 0) is 19.0 Å². The van der Waals surface area contributed by atoms with Crippen molar-refractivity contribution in [1.29, 1.82) is 0 Å². The summed E-state index contributed by atoms with van der Waals surface area (Å²) >= 11 is 0. The molecule has 1 aromatic rings. The van der Waals surface area contributed by atoms with Gasteiger partial charge in [0.25, 0.3) is 0 Å². The number of amides is 1. The zero-order chi connectivity index (χ0) is 22.1. The van der Waals surface area contributed by atoms with Gasteiger partial charge in [0.1, 0.15) is 18.8 Å². The van der Waals surface area contributed by atoms with Gasteiger partial charge in [-0.15, -0.1) is 12.4 Å². The molecule has 9 nitrogen and oxygen atoms in total. The molecule has 176 valence electrons. The molecule has 0 spiro atoms. The van der Waals surface area contributed by atoms with Crippen molar-refractivity contribution in [3.8, 4) is 11.5 Å². The van der Waals surface area contributed by atoms with E-state index in [1.807, 2.05) is 45.0 Å². The van der Waals surface area contributed by atoms with E-state index in [9.17, 15) is 9.59 Å². The molecule has 1 saturated heterocycles. The van der Waals surface area contributed by atoms with Crippen LogP contribution >= 0.6 is 12.4 Å². The number of esters is 1.